The molecular formula is C10H18ClNOS. The first-order valence-electron chi connectivity index (χ1n) is 5.15. The quantitative estimate of drug-likeness (QED) is 0.758. The molecule has 0 aliphatic carbocycles. The zero-order valence-corrected chi connectivity index (χ0v) is 10.2. The molecule has 0 saturated carbocycles. The zero-order valence-electron chi connectivity index (χ0n) is 8.59. The second-order valence-electron chi connectivity index (χ2n) is 3.88. The summed E-state index contributed by atoms with van der Waals surface area (Å²) in [5, 5.41) is 2.90. The Morgan fingerprint density at radius 1 is 1.57 bits per heavy atom. The number of rotatable bonds is 4. The van der Waals surface area contributed by atoms with Crippen molar-refractivity contribution in [3.8, 4) is 0 Å². The lowest BCUT2D eigenvalue weighted by molar-refractivity contribution is -0.122. The van der Waals surface area contributed by atoms with E-state index in [1.165, 1.54) is 24.3 Å². The first kappa shape index (κ1) is 12.2. The number of carbonyl (C=O) groups is 1. The Hall–Kier alpha value is 0.110. The smallest absolute Gasteiger partial charge is 0.220 e. The number of halogens is 1. The Balaban J connectivity index is 2.18. The molecule has 0 bridgehead atoms. The third kappa shape index (κ3) is 4.56. The van der Waals surface area contributed by atoms with Gasteiger partial charge >= 0.3 is 0 Å². The van der Waals surface area contributed by atoms with Crippen molar-refractivity contribution in [1.82, 2.24) is 5.32 Å². The van der Waals surface area contributed by atoms with Crippen molar-refractivity contribution in [3.63, 3.8) is 0 Å². The normalized spacial score (nSPS) is 20.4. The molecule has 1 amide bonds. The van der Waals surface area contributed by atoms with Crippen LogP contribution < -0.4 is 5.32 Å². The van der Waals surface area contributed by atoms with E-state index in [2.05, 4.69) is 5.32 Å². The van der Waals surface area contributed by atoms with Gasteiger partial charge in [-0.25, -0.2) is 0 Å². The molecule has 1 N–H and O–H groups in total. The standard InChI is InChI=1S/C10H18ClNOS/c1-8(7-11)12-10(13)6-9-2-4-14-5-3-9/h8-9H,2-7H2,1H3,(H,12,13). The van der Waals surface area contributed by atoms with E-state index in [-0.39, 0.29) is 11.9 Å². The summed E-state index contributed by atoms with van der Waals surface area (Å²) in [6, 6.07) is 0.0992. The van der Waals surface area contributed by atoms with Gasteiger partial charge in [0.15, 0.2) is 0 Å². The first-order chi connectivity index (χ1) is 6.72. The van der Waals surface area contributed by atoms with Gasteiger partial charge in [-0.1, -0.05) is 0 Å². The summed E-state index contributed by atoms with van der Waals surface area (Å²) in [6.45, 7) is 1.93. The van der Waals surface area contributed by atoms with Crippen LogP contribution in [0.3, 0.4) is 0 Å². The highest BCUT2D eigenvalue weighted by atomic mass is 35.5. The van der Waals surface area contributed by atoms with Gasteiger partial charge in [-0.3, -0.25) is 4.79 Å². The average Bonchev–Trinajstić information content (AvgIpc) is 2.19. The maximum Gasteiger partial charge on any atom is 0.220 e. The van der Waals surface area contributed by atoms with Crippen LogP contribution in [-0.2, 0) is 4.79 Å². The molecule has 0 aromatic carbocycles. The van der Waals surface area contributed by atoms with Gasteiger partial charge in [-0.05, 0) is 37.2 Å². The minimum absolute atomic E-state index is 0.0992. The Bertz CT molecular complexity index is 183. The fourth-order valence-electron chi connectivity index (χ4n) is 1.59. The van der Waals surface area contributed by atoms with Crippen LogP contribution in [0.2, 0.25) is 0 Å². The molecule has 1 aliphatic rings. The van der Waals surface area contributed by atoms with Crippen molar-refractivity contribution < 1.29 is 4.79 Å². The summed E-state index contributed by atoms with van der Waals surface area (Å²) in [4.78, 5) is 11.5. The van der Waals surface area contributed by atoms with Crippen LogP contribution in [0, 0.1) is 5.92 Å². The van der Waals surface area contributed by atoms with E-state index < -0.39 is 0 Å². The van der Waals surface area contributed by atoms with Crippen molar-refractivity contribution in [1.29, 1.82) is 0 Å². The Morgan fingerprint density at radius 3 is 2.79 bits per heavy atom. The molecule has 1 saturated heterocycles. The number of carbonyl (C=O) groups excluding carboxylic acids is 1. The molecule has 4 heteroatoms. The maximum absolute atomic E-state index is 11.5. The highest BCUT2D eigenvalue weighted by molar-refractivity contribution is 7.99. The molecule has 1 unspecified atom stereocenters. The van der Waals surface area contributed by atoms with Crippen LogP contribution in [-0.4, -0.2) is 29.3 Å². The number of alkyl halides is 1. The van der Waals surface area contributed by atoms with E-state index in [1.54, 1.807) is 0 Å². The molecule has 1 aliphatic heterocycles. The number of thioether (sulfide) groups is 1. The largest absolute Gasteiger partial charge is 0.352 e. The van der Waals surface area contributed by atoms with Gasteiger partial charge in [0.1, 0.15) is 0 Å². The van der Waals surface area contributed by atoms with Gasteiger partial charge in [-0.2, -0.15) is 11.8 Å². The predicted octanol–water partition coefficient (Wildman–Crippen LogP) is 2.26. The summed E-state index contributed by atoms with van der Waals surface area (Å²) in [5.74, 6) is 3.67. The second-order valence-corrected chi connectivity index (χ2v) is 5.42. The van der Waals surface area contributed by atoms with Crippen LogP contribution in [0.1, 0.15) is 26.2 Å². The zero-order chi connectivity index (χ0) is 10.4. The molecule has 0 aromatic heterocycles. The molecule has 0 spiro atoms. The highest BCUT2D eigenvalue weighted by Gasteiger charge is 2.17. The molecule has 0 aromatic rings. The summed E-state index contributed by atoms with van der Waals surface area (Å²) >= 11 is 7.61. The van der Waals surface area contributed by atoms with Crippen LogP contribution in [0.15, 0.2) is 0 Å². The van der Waals surface area contributed by atoms with Gasteiger partial charge in [0.2, 0.25) is 5.91 Å². The molecule has 2 nitrogen and oxygen atoms in total. The van der Waals surface area contributed by atoms with E-state index >= 15 is 0 Å². The monoisotopic (exact) mass is 235 g/mol. The van der Waals surface area contributed by atoms with Crippen molar-refractivity contribution >= 4 is 29.3 Å². The molecular weight excluding hydrogens is 218 g/mol. The molecule has 1 rings (SSSR count). The number of amides is 1. The van der Waals surface area contributed by atoms with Gasteiger partial charge in [-0.15, -0.1) is 11.6 Å². The van der Waals surface area contributed by atoms with Crippen LogP contribution in [0.25, 0.3) is 0 Å². The van der Waals surface area contributed by atoms with E-state index in [4.69, 9.17) is 11.6 Å². The SMILES string of the molecule is CC(CCl)NC(=O)CC1CCSCC1. The molecule has 0 radical (unpaired) electrons. The highest BCUT2D eigenvalue weighted by Crippen LogP contribution is 2.25. The molecule has 1 heterocycles. The number of nitrogens with one attached hydrogen (secondary N) is 1. The minimum atomic E-state index is 0.0992. The third-order valence-corrected chi connectivity index (χ3v) is 3.97. The van der Waals surface area contributed by atoms with E-state index in [1.807, 2.05) is 18.7 Å². The summed E-state index contributed by atoms with van der Waals surface area (Å²) in [7, 11) is 0. The van der Waals surface area contributed by atoms with Crippen molar-refractivity contribution in [2.75, 3.05) is 17.4 Å². The van der Waals surface area contributed by atoms with Gasteiger partial charge in [0.05, 0.1) is 0 Å². The molecule has 82 valence electrons. The Morgan fingerprint density at radius 2 is 2.21 bits per heavy atom. The van der Waals surface area contributed by atoms with Crippen LogP contribution in [0.5, 0.6) is 0 Å². The topological polar surface area (TPSA) is 29.1 Å². The van der Waals surface area contributed by atoms with Gasteiger partial charge in [0.25, 0.3) is 0 Å². The minimum Gasteiger partial charge on any atom is -0.352 e. The fourth-order valence-corrected chi connectivity index (χ4v) is 2.87. The predicted molar refractivity (Wildman–Crippen MR) is 63.0 cm³/mol. The lowest BCUT2D eigenvalue weighted by atomic mass is 9.98. The van der Waals surface area contributed by atoms with Gasteiger partial charge in [0, 0.05) is 18.3 Å². The van der Waals surface area contributed by atoms with Crippen molar-refractivity contribution in [2.45, 2.75) is 32.2 Å². The summed E-state index contributed by atoms with van der Waals surface area (Å²) < 4.78 is 0. The van der Waals surface area contributed by atoms with Crippen LogP contribution >= 0.6 is 23.4 Å². The average molecular weight is 236 g/mol. The third-order valence-electron chi connectivity index (χ3n) is 2.45. The lowest BCUT2D eigenvalue weighted by Crippen LogP contribution is -2.35. The number of hydrogen-bond donors (Lipinski definition) is 1. The lowest BCUT2D eigenvalue weighted by Gasteiger charge is -2.21. The molecule has 14 heavy (non-hydrogen) atoms. The second kappa shape index (κ2) is 6.57. The van der Waals surface area contributed by atoms with Gasteiger partial charge < -0.3 is 5.32 Å². The summed E-state index contributed by atoms with van der Waals surface area (Å²) in [5.41, 5.74) is 0. The first-order valence-corrected chi connectivity index (χ1v) is 6.84. The molecule has 1 atom stereocenters. The maximum atomic E-state index is 11.5. The van der Waals surface area contributed by atoms with Crippen molar-refractivity contribution in [3.05, 3.63) is 0 Å². The van der Waals surface area contributed by atoms with Crippen LogP contribution in [0.4, 0.5) is 0 Å². The van der Waals surface area contributed by atoms with Crippen molar-refractivity contribution in [2.24, 2.45) is 5.92 Å². The van der Waals surface area contributed by atoms with E-state index in [9.17, 15) is 4.79 Å². The summed E-state index contributed by atoms with van der Waals surface area (Å²) in [6.07, 6.45) is 3.06. The Kier molecular flexibility index (Phi) is 5.71. The number of hydrogen-bond acceptors (Lipinski definition) is 2. The van der Waals surface area contributed by atoms with E-state index in [0.29, 0.717) is 18.2 Å². The molecule has 1 fully saturated rings. The fraction of sp³-hybridized carbons (Fsp3) is 0.900. The Labute approximate surface area is 95.2 Å². The van der Waals surface area contributed by atoms with E-state index in [0.717, 1.165) is 0 Å².